The zero-order valence-electron chi connectivity index (χ0n) is 12.4. The Morgan fingerprint density at radius 1 is 0.800 bits per heavy atom. The maximum Gasteiger partial charge on any atom is -0.0196 e. The predicted octanol–water partition coefficient (Wildman–Crippen LogP) is 4.99. The number of benzene rings is 2. The predicted molar refractivity (Wildman–Crippen MR) is 87.0 cm³/mol. The molecule has 0 radical (unpaired) electrons. The molecule has 0 N–H and O–H groups in total. The maximum absolute atomic E-state index is 2.40. The van der Waals surface area contributed by atoms with E-state index in [-0.39, 0.29) is 0 Å². The number of aryl methyl sites for hydroxylation is 4. The molecular weight excluding hydrogens is 240 g/mol. The van der Waals surface area contributed by atoms with Crippen LogP contribution in [-0.4, -0.2) is 0 Å². The van der Waals surface area contributed by atoms with Crippen molar-refractivity contribution in [2.75, 3.05) is 0 Å². The molecule has 0 saturated carbocycles. The van der Waals surface area contributed by atoms with E-state index in [1.165, 1.54) is 33.4 Å². The minimum atomic E-state index is 1.13. The molecule has 0 fully saturated rings. The van der Waals surface area contributed by atoms with E-state index in [1.807, 2.05) is 0 Å². The van der Waals surface area contributed by atoms with Crippen molar-refractivity contribution in [2.24, 2.45) is 0 Å². The van der Waals surface area contributed by atoms with Crippen molar-refractivity contribution in [2.45, 2.75) is 39.5 Å². The molecule has 102 valence electrons. The second-order valence-electron chi connectivity index (χ2n) is 5.78. The molecule has 0 heterocycles. The average molecular weight is 262 g/mol. The monoisotopic (exact) mass is 262 g/mol. The molecule has 0 amide bonds. The minimum absolute atomic E-state index is 1.13. The van der Waals surface area contributed by atoms with Gasteiger partial charge >= 0.3 is 0 Å². The van der Waals surface area contributed by atoms with Gasteiger partial charge in [0.25, 0.3) is 0 Å². The Balaban J connectivity index is 2.04. The number of hydrogen-bond donors (Lipinski definition) is 0. The molecule has 2 aromatic carbocycles. The van der Waals surface area contributed by atoms with Crippen molar-refractivity contribution in [3.8, 4) is 0 Å². The highest BCUT2D eigenvalue weighted by Gasteiger charge is 2.08. The zero-order valence-corrected chi connectivity index (χ0v) is 12.4. The first-order chi connectivity index (χ1) is 9.76. The van der Waals surface area contributed by atoms with Crippen LogP contribution in [-0.2, 0) is 25.7 Å². The van der Waals surface area contributed by atoms with Crippen LogP contribution < -0.4 is 0 Å². The molecule has 4 bridgehead atoms. The van der Waals surface area contributed by atoms with E-state index in [4.69, 9.17) is 0 Å². The zero-order chi connectivity index (χ0) is 13.9. The summed E-state index contributed by atoms with van der Waals surface area (Å²) in [4.78, 5) is 0. The van der Waals surface area contributed by atoms with Crippen LogP contribution in [0.3, 0.4) is 0 Å². The van der Waals surface area contributed by atoms with Gasteiger partial charge in [0.2, 0.25) is 0 Å². The second-order valence-corrected chi connectivity index (χ2v) is 5.78. The van der Waals surface area contributed by atoms with Crippen molar-refractivity contribution in [3.63, 3.8) is 0 Å². The van der Waals surface area contributed by atoms with Crippen LogP contribution in [0.25, 0.3) is 5.57 Å². The molecule has 20 heavy (non-hydrogen) atoms. The first kappa shape index (κ1) is 13.2. The van der Waals surface area contributed by atoms with Crippen molar-refractivity contribution < 1.29 is 0 Å². The van der Waals surface area contributed by atoms with E-state index in [0.29, 0.717) is 0 Å². The molecule has 4 aliphatic rings. The maximum atomic E-state index is 2.40. The van der Waals surface area contributed by atoms with Gasteiger partial charge in [0.1, 0.15) is 0 Å². The molecule has 0 aromatic heterocycles. The summed E-state index contributed by atoms with van der Waals surface area (Å²) >= 11 is 0. The van der Waals surface area contributed by atoms with E-state index < -0.39 is 0 Å². The molecule has 0 atom stereocenters. The fraction of sp³-hybridized carbons (Fsp3) is 0.300. The minimum Gasteiger partial charge on any atom is -0.0841 e. The van der Waals surface area contributed by atoms with Gasteiger partial charge in [0, 0.05) is 0 Å². The third kappa shape index (κ3) is 2.70. The first-order valence-corrected chi connectivity index (χ1v) is 7.59. The van der Waals surface area contributed by atoms with Gasteiger partial charge < -0.3 is 0 Å². The van der Waals surface area contributed by atoms with Gasteiger partial charge in [0.15, 0.2) is 0 Å². The van der Waals surface area contributed by atoms with Gasteiger partial charge in [0.05, 0.1) is 0 Å². The van der Waals surface area contributed by atoms with E-state index in [9.17, 15) is 0 Å². The van der Waals surface area contributed by atoms with Crippen LogP contribution in [0.2, 0.25) is 0 Å². The summed E-state index contributed by atoms with van der Waals surface area (Å²) in [5.74, 6) is 0. The quantitative estimate of drug-likeness (QED) is 0.679. The van der Waals surface area contributed by atoms with Gasteiger partial charge in [-0.05, 0) is 72.9 Å². The Morgan fingerprint density at radius 3 is 2.00 bits per heavy atom. The average Bonchev–Trinajstić information content (AvgIpc) is 2.49. The molecule has 6 rings (SSSR count). The SMILES string of the molecule is C/C=C(\C)c1cc2ccc1CCc1ccc(cc1)CC2. The Morgan fingerprint density at radius 2 is 1.35 bits per heavy atom. The third-order valence-electron chi connectivity index (χ3n) is 4.44. The van der Waals surface area contributed by atoms with Crippen LogP contribution in [0.5, 0.6) is 0 Å². The van der Waals surface area contributed by atoms with Crippen LogP contribution in [0.1, 0.15) is 41.7 Å². The first-order valence-electron chi connectivity index (χ1n) is 7.59. The molecule has 0 nitrogen and oxygen atoms in total. The van der Waals surface area contributed by atoms with Gasteiger partial charge in [-0.15, -0.1) is 0 Å². The van der Waals surface area contributed by atoms with Crippen LogP contribution >= 0.6 is 0 Å². The molecular formula is C20H22. The van der Waals surface area contributed by atoms with E-state index in [0.717, 1.165) is 25.7 Å². The summed E-state index contributed by atoms with van der Waals surface area (Å²) in [6.07, 6.45) is 6.74. The van der Waals surface area contributed by atoms with E-state index >= 15 is 0 Å². The van der Waals surface area contributed by atoms with Crippen molar-refractivity contribution in [1.29, 1.82) is 0 Å². The lowest BCUT2D eigenvalue weighted by Gasteiger charge is -2.14. The molecule has 2 aromatic rings. The van der Waals surface area contributed by atoms with Gasteiger partial charge in [-0.2, -0.15) is 0 Å². The number of rotatable bonds is 1. The Hall–Kier alpha value is -1.82. The number of allylic oxidation sites excluding steroid dienone is 2. The van der Waals surface area contributed by atoms with Crippen LogP contribution in [0.4, 0.5) is 0 Å². The third-order valence-corrected chi connectivity index (χ3v) is 4.44. The summed E-state index contributed by atoms with van der Waals surface area (Å²) < 4.78 is 0. The van der Waals surface area contributed by atoms with Crippen LogP contribution in [0, 0.1) is 0 Å². The van der Waals surface area contributed by atoms with E-state index in [1.54, 1.807) is 0 Å². The molecule has 4 aliphatic carbocycles. The summed E-state index contributed by atoms with van der Waals surface area (Å²) in [6.45, 7) is 4.36. The topological polar surface area (TPSA) is 0 Å². The van der Waals surface area contributed by atoms with Gasteiger partial charge in [-0.25, -0.2) is 0 Å². The van der Waals surface area contributed by atoms with Gasteiger partial charge in [-0.1, -0.05) is 48.5 Å². The standard InChI is InChI=1S/C20H22/c1-3-15(2)20-14-18-9-8-16-4-6-17(7-5-16)10-12-19(20)13-11-18/h3-7,11,13-14H,8-10,12H2,1-2H3/b15-3+. The molecule has 0 unspecified atom stereocenters. The summed E-state index contributed by atoms with van der Waals surface area (Å²) in [5, 5.41) is 0. The van der Waals surface area contributed by atoms with E-state index in [2.05, 4.69) is 62.4 Å². The van der Waals surface area contributed by atoms with Crippen molar-refractivity contribution in [1.82, 2.24) is 0 Å². The normalized spacial score (nSPS) is 15.0. The number of hydrogen-bond acceptors (Lipinski definition) is 0. The largest absolute Gasteiger partial charge is 0.0841 e. The highest BCUT2D eigenvalue weighted by atomic mass is 14.1. The lowest BCUT2D eigenvalue weighted by molar-refractivity contribution is 0.918. The molecule has 0 aliphatic heterocycles. The molecule has 0 saturated heterocycles. The van der Waals surface area contributed by atoms with Gasteiger partial charge in [-0.3, -0.25) is 0 Å². The lowest BCUT2D eigenvalue weighted by atomic mass is 9.91. The highest BCUT2D eigenvalue weighted by Crippen LogP contribution is 2.24. The fourth-order valence-corrected chi connectivity index (χ4v) is 2.96. The van der Waals surface area contributed by atoms with Crippen molar-refractivity contribution >= 4 is 5.57 Å². The summed E-state index contributed by atoms with van der Waals surface area (Å²) in [5.41, 5.74) is 8.67. The second kappa shape index (κ2) is 5.66. The summed E-state index contributed by atoms with van der Waals surface area (Å²) in [7, 11) is 0. The highest BCUT2D eigenvalue weighted by molar-refractivity contribution is 5.67. The lowest BCUT2D eigenvalue weighted by Crippen LogP contribution is -2.01. The Kier molecular flexibility index (Phi) is 3.73. The Labute approximate surface area is 122 Å². The molecule has 0 spiro atoms. The van der Waals surface area contributed by atoms with Crippen LogP contribution in [0.15, 0.2) is 48.5 Å². The van der Waals surface area contributed by atoms with Crippen molar-refractivity contribution in [3.05, 3.63) is 76.4 Å². The Bertz CT molecular complexity index is 630. The fourth-order valence-electron chi connectivity index (χ4n) is 2.96. The smallest absolute Gasteiger partial charge is 0.0196 e. The summed E-state index contributed by atoms with van der Waals surface area (Å²) in [6, 6.07) is 16.2. The molecule has 0 heteroatoms.